The number of carbonyl (C=O) groups excluding carboxylic acids is 6. The van der Waals surface area contributed by atoms with Crippen LogP contribution in [0.1, 0.15) is 150 Å². The third-order valence-corrected chi connectivity index (χ3v) is 25.7. The van der Waals surface area contributed by atoms with Gasteiger partial charge in [-0.15, -0.1) is 0 Å². The first-order valence-corrected chi connectivity index (χ1v) is 51.8. The van der Waals surface area contributed by atoms with E-state index in [4.69, 9.17) is 45.7 Å². The number of rotatable bonds is 43. The third kappa shape index (κ3) is 54.2. The van der Waals surface area contributed by atoms with Crippen LogP contribution in [0, 0.1) is 77.7 Å². The molecule has 4 aliphatic heterocycles. The first-order chi connectivity index (χ1) is 70.1. The molecule has 40 heteroatoms. The summed E-state index contributed by atoms with van der Waals surface area (Å²) in [6.07, 6.45) is 19.9. The number of aliphatic hydroxyl groups is 2. The van der Waals surface area contributed by atoms with Crippen LogP contribution in [0.2, 0.25) is 6.82 Å². The molecule has 8 aliphatic rings. The molecule has 4 saturated heterocycles. The van der Waals surface area contributed by atoms with E-state index in [0.29, 0.717) is 120 Å². The monoisotopic (exact) mass is 2080 g/mol. The number of aliphatic hydroxyl groups excluding tert-OH is 2. The summed E-state index contributed by atoms with van der Waals surface area (Å²) in [6, 6.07) is 60.3. The first kappa shape index (κ1) is 125. The molecule has 4 bridgehead atoms. The molecule has 0 radical (unpaired) electrons. The van der Waals surface area contributed by atoms with Crippen LogP contribution in [0.15, 0.2) is 206 Å². The molecule has 6 aromatic rings. The van der Waals surface area contributed by atoms with Crippen molar-refractivity contribution in [2.45, 2.75) is 187 Å². The summed E-state index contributed by atoms with van der Waals surface area (Å²) in [7, 11) is 1.44. The number of nitro groups is 3. The maximum atomic E-state index is 11.7. The van der Waals surface area contributed by atoms with Gasteiger partial charge in [-0.05, 0) is 131 Å². The van der Waals surface area contributed by atoms with Crippen molar-refractivity contribution in [1.29, 1.82) is 0 Å². The molecule has 8 fully saturated rings. The fourth-order valence-corrected chi connectivity index (χ4v) is 19.0. The Kier molecular flexibility index (Phi) is 64.9. The fourth-order valence-electron chi connectivity index (χ4n) is 18.8. The summed E-state index contributed by atoms with van der Waals surface area (Å²) in [5, 5.41) is 70.0. The Morgan fingerprint density at radius 2 is 0.862 bits per heavy atom. The van der Waals surface area contributed by atoms with Crippen molar-refractivity contribution in [2.24, 2.45) is 58.8 Å². The number of hydrogen-bond donors (Lipinski definition) is 9. The summed E-state index contributed by atoms with van der Waals surface area (Å²) in [5.74, 6) is 2.57. The van der Waals surface area contributed by atoms with Crippen LogP contribution in [0.3, 0.4) is 0 Å². The van der Waals surface area contributed by atoms with Crippen LogP contribution >= 0.6 is 15.9 Å². The Morgan fingerprint density at radius 1 is 0.462 bits per heavy atom. The number of ether oxygens (including phenoxy) is 6. The van der Waals surface area contributed by atoms with E-state index in [0.717, 1.165) is 115 Å². The van der Waals surface area contributed by atoms with Gasteiger partial charge in [0.2, 0.25) is 19.1 Å². The quantitative estimate of drug-likeness (QED) is 0.00251. The molecule has 14 rings (SSSR count). The van der Waals surface area contributed by atoms with Gasteiger partial charge in [-0.2, -0.15) is 0 Å². The topological polar surface area (TPSA) is 495 Å². The summed E-state index contributed by atoms with van der Waals surface area (Å²) in [4.78, 5) is 105. The van der Waals surface area contributed by atoms with Crippen LogP contribution < -0.4 is 32.6 Å². The normalized spacial score (nSPS) is 21.7. The minimum atomic E-state index is -0.696. The number of benzene rings is 6. The summed E-state index contributed by atoms with van der Waals surface area (Å²) >= 11 is 3.13. The molecule has 794 valence electrons. The molecule has 36 nitrogen and oxygen atoms in total. The molecule has 0 aromatic heterocycles. The van der Waals surface area contributed by atoms with Gasteiger partial charge in [-0.1, -0.05) is 150 Å². The van der Waals surface area contributed by atoms with Crippen LogP contribution in [-0.4, -0.2) is 286 Å². The van der Waals surface area contributed by atoms with Gasteiger partial charge in [0.15, 0.2) is 6.61 Å². The number of fused-ring (bicyclic) bond motifs is 4. The van der Waals surface area contributed by atoms with Gasteiger partial charge in [-0.25, -0.2) is 14.4 Å². The number of esters is 6. The molecule has 11 N–H and O–H groups in total. The van der Waals surface area contributed by atoms with Crippen molar-refractivity contribution < 1.29 is 96.6 Å². The molecule has 8 unspecified atom stereocenters. The summed E-state index contributed by atoms with van der Waals surface area (Å²) in [6.45, 7) is 22.8. The molecular formula is C105H155B3BrN13O23. The van der Waals surface area contributed by atoms with E-state index in [1.165, 1.54) is 85.8 Å². The van der Waals surface area contributed by atoms with E-state index in [-0.39, 0.29) is 111 Å². The van der Waals surface area contributed by atoms with Crippen molar-refractivity contribution in [2.75, 3.05) is 143 Å². The number of likely N-dealkylation sites (tertiary alicyclic amines) is 4. The van der Waals surface area contributed by atoms with Crippen LogP contribution in [0.5, 0.6) is 0 Å². The SMILES string of the molecule is CB(O)NC1CC2CCC1C2.CCOC(=O)/C=C/CNCc1ccccc1.CCOC(=O)C=CCBr.CCOC(=O)C[C@H]1CN(Cc2ccccc2)CC1NCB=O.CCOC(=O)C[C@H]1CN(Cc2ccccc2)C[C@@H]1N.CCOC(=O)C[C@H]1CN(Cc2ccccc2)C[C@@H]1[N+](=O)[O-].NC1CC2CCC1C2.O=BCNC1CN(Cc2ccccc2)C[C@@H]1CCO.O=C(OCC[N+](=O)[O-])c1ccccc1.O=[N+]([O-])CCO. The zero-order valence-corrected chi connectivity index (χ0v) is 86.8. The maximum absolute atomic E-state index is 11.7. The number of nitrogens with one attached hydrogen (secondary N) is 4. The molecule has 6 aromatic carbocycles. The Labute approximate surface area is 865 Å². The van der Waals surface area contributed by atoms with Crippen molar-refractivity contribution in [3.63, 3.8) is 0 Å². The molecule has 0 amide bonds. The largest absolute Gasteiger partial charge is 0.455 e. The zero-order valence-electron chi connectivity index (χ0n) is 85.2. The van der Waals surface area contributed by atoms with Crippen molar-refractivity contribution in [1.82, 2.24) is 40.8 Å². The minimum Gasteiger partial charge on any atom is -0.455 e. The number of alkyl halides is 1. The number of nitrogens with zero attached hydrogens (tertiary/aromatic N) is 7. The third-order valence-electron chi connectivity index (χ3n) is 25.4. The Hall–Kier alpha value is -10.4. The molecule has 4 saturated carbocycles. The van der Waals surface area contributed by atoms with E-state index in [1.54, 1.807) is 63.3 Å². The molecule has 4 heterocycles. The predicted molar refractivity (Wildman–Crippen MR) is 562 cm³/mol. The number of halogens is 1. The van der Waals surface area contributed by atoms with Crippen LogP contribution in [-0.2, 0) is 94.5 Å². The van der Waals surface area contributed by atoms with E-state index >= 15 is 0 Å². The van der Waals surface area contributed by atoms with Crippen molar-refractivity contribution in [3.05, 3.63) is 270 Å². The number of carbonyl (C=O) groups is 6. The van der Waals surface area contributed by atoms with Crippen molar-refractivity contribution in [3.8, 4) is 0 Å². The van der Waals surface area contributed by atoms with Gasteiger partial charge in [0.05, 0.1) is 57.3 Å². The van der Waals surface area contributed by atoms with Gasteiger partial charge in [0, 0.05) is 96.2 Å². The average Bonchev–Trinajstić information content (AvgIpc) is 1.72. The van der Waals surface area contributed by atoms with Gasteiger partial charge in [-0.3, -0.25) is 49.7 Å². The summed E-state index contributed by atoms with van der Waals surface area (Å²) < 4.78 is 50.0. The second-order valence-corrected chi connectivity index (χ2v) is 37.2. The average molecular weight is 2080 g/mol. The summed E-state index contributed by atoms with van der Waals surface area (Å²) in [5.41, 5.74) is 18.5. The standard InChI is InChI=1S/C16H23BN2O3.C15H20N2O4.C15H22N2O2.C14H21BN2O2.C13H17NO2.C9H9NO4.C8H16BNO.C7H13N.C6H9BrO2.C2H5NO3/c1-2-22-16(20)8-14-10-19(11-15(14)18-12-17-21)9-13-6-4-3-5-7-13;1-2-21-15(18)8-13-10-16(11-14(13)17(19)20)9-12-6-4-3-5-7-12;1-2-19-15(18)8-13-10-17(11-14(13)16)9-12-6-4-3-5-7-12;18-7-6-13-9-17(10-14(13)16-11-15-19)8-12-4-2-1-3-5-12;1-2-16-13(15)9-6-10-14-11-12-7-4-3-5-8-12;11-9(14-7-6-10(12)13)8-4-2-1-3-5-8;1-9(11)10-8-5-6-2-3-7(8)4-6;8-7-4-5-1-2-6(7)3-5;1-2-9-6(8)4-3-5-7;4-2-1-3(5)6/h3-7,14-15,18H,2,8-12H2,1H3;3-7,13-14H,2,8-11H2,1H3;3-7,13-14H,2,8-11,16H2,1H3;1-5,13-14,16,18H,6-11H2;3-9,14H,2,10-11H2,1H3;1-5H,6-7H2;6-8,10-11H,2-5H2,1H3;5-7H,1-4,8H2;3-4H,2,5H2,1H3;4H,1-2H2/b;;;;9-6+;;;;;/t14-,15?;2*13-,14-;13-,14?;;;;;;/m0000....../s1. The zero-order chi connectivity index (χ0) is 106. The molecular weight excluding hydrogens is 1920 g/mol. The Bertz CT molecular complexity index is 4670. The van der Waals surface area contributed by atoms with Gasteiger partial charge >= 0.3 is 282 Å². The predicted octanol–water partition coefficient (Wildman–Crippen LogP) is 10.4. The van der Waals surface area contributed by atoms with Gasteiger partial charge in [0.1, 0.15) is 6.61 Å². The number of allylic oxidation sites excluding steroid dienone is 1. The molecule has 14 atom stereocenters. The second kappa shape index (κ2) is 75.3. The maximum Gasteiger partial charge on any atom is 0.338 e. The first-order valence-electron chi connectivity index (χ1n) is 50.7. The molecule has 4 aliphatic carbocycles. The van der Waals surface area contributed by atoms with E-state index in [1.807, 2.05) is 117 Å². The van der Waals surface area contributed by atoms with Crippen molar-refractivity contribution >= 4 is 73.1 Å². The van der Waals surface area contributed by atoms with E-state index in [2.05, 4.69) is 122 Å². The fraction of sp³-hybridized carbons (Fsp3) is 0.562. The van der Waals surface area contributed by atoms with E-state index < -0.39 is 21.9 Å². The molecule has 145 heavy (non-hydrogen) atoms. The number of hydrogen-bond acceptors (Lipinski definition) is 33. The second-order valence-electron chi connectivity index (χ2n) is 36.6. The van der Waals surface area contributed by atoms with Gasteiger partial charge < -0.3 is 55.8 Å². The smallest absolute Gasteiger partial charge is 0.338 e. The Balaban J connectivity index is 0.000000289. The molecule has 0 spiro atoms. The van der Waals surface area contributed by atoms with E-state index in [9.17, 15) is 68.5 Å². The van der Waals surface area contributed by atoms with Crippen LogP contribution in [0.25, 0.3) is 0 Å². The van der Waals surface area contributed by atoms with Crippen LogP contribution in [0.4, 0.5) is 0 Å². The van der Waals surface area contributed by atoms with Gasteiger partial charge in [0.25, 0.3) is 0 Å². The Morgan fingerprint density at radius 3 is 1.24 bits per heavy atom. The minimum absolute atomic E-state index is 0.0631. The number of nitrogens with two attached hydrogens (primary N) is 2.